The van der Waals surface area contributed by atoms with Crippen molar-refractivity contribution in [2.75, 3.05) is 19.6 Å². The van der Waals surface area contributed by atoms with E-state index in [0.29, 0.717) is 19.5 Å². The molecule has 0 radical (unpaired) electrons. The highest BCUT2D eigenvalue weighted by molar-refractivity contribution is 5.50. The maximum Gasteiger partial charge on any atom is 0.401 e. The molecule has 0 N–H and O–H groups in total. The van der Waals surface area contributed by atoms with Crippen molar-refractivity contribution in [1.82, 2.24) is 4.90 Å². The Balaban J connectivity index is 2.13. The highest BCUT2D eigenvalue weighted by atomic mass is 19.4. The Labute approximate surface area is 68.3 Å². The lowest BCUT2D eigenvalue weighted by atomic mass is 9.97. The molecule has 0 saturated carbocycles. The zero-order valence-electron chi connectivity index (χ0n) is 6.47. The Bertz CT molecular complexity index is 163. The van der Waals surface area contributed by atoms with Crippen molar-refractivity contribution < 1.29 is 18.0 Å². The molecule has 0 aromatic rings. The molecule has 1 fully saturated rings. The van der Waals surface area contributed by atoms with Gasteiger partial charge < -0.3 is 4.79 Å². The van der Waals surface area contributed by atoms with Gasteiger partial charge in [0.2, 0.25) is 0 Å². The van der Waals surface area contributed by atoms with Crippen LogP contribution in [-0.4, -0.2) is 37.0 Å². The van der Waals surface area contributed by atoms with Crippen molar-refractivity contribution >= 4 is 6.29 Å². The van der Waals surface area contributed by atoms with Gasteiger partial charge in [0.15, 0.2) is 0 Å². The van der Waals surface area contributed by atoms with Crippen LogP contribution in [0, 0.1) is 5.92 Å². The zero-order valence-corrected chi connectivity index (χ0v) is 6.47. The summed E-state index contributed by atoms with van der Waals surface area (Å²) in [5.41, 5.74) is 0. The van der Waals surface area contributed by atoms with Gasteiger partial charge in [0.1, 0.15) is 6.29 Å². The van der Waals surface area contributed by atoms with E-state index >= 15 is 0 Å². The van der Waals surface area contributed by atoms with E-state index in [9.17, 15) is 18.0 Å². The average Bonchev–Trinajstić information content (AvgIpc) is 1.80. The van der Waals surface area contributed by atoms with Crippen LogP contribution < -0.4 is 0 Å². The number of nitrogens with zero attached hydrogens (tertiary/aromatic N) is 1. The predicted octanol–water partition coefficient (Wildman–Crippen LogP) is 1.07. The number of alkyl halides is 3. The molecule has 1 aliphatic heterocycles. The van der Waals surface area contributed by atoms with Crippen LogP contribution in [0.4, 0.5) is 13.2 Å². The molecule has 0 aliphatic carbocycles. The number of carbonyl (C=O) groups is 1. The van der Waals surface area contributed by atoms with Crippen LogP contribution in [0.3, 0.4) is 0 Å². The Kier molecular flexibility index (Phi) is 2.72. The van der Waals surface area contributed by atoms with Crippen molar-refractivity contribution in [1.29, 1.82) is 0 Å². The van der Waals surface area contributed by atoms with Gasteiger partial charge in [-0.05, 0) is 5.92 Å². The first-order valence-corrected chi connectivity index (χ1v) is 3.74. The van der Waals surface area contributed by atoms with Gasteiger partial charge in [-0.1, -0.05) is 0 Å². The summed E-state index contributed by atoms with van der Waals surface area (Å²) in [7, 11) is 0. The van der Waals surface area contributed by atoms with E-state index in [-0.39, 0.29) is 5.92 Å². The molecule has 0 aromatic carbocycles. The van der Waals surface area contributed by atoms with Crippen molar-refractivity contribution in [3.8, 4) is 0 Å². The maximum absolute atomic E-state index is 11.7. The van der Waals surface area contributed by atoms with Gasteiger partial charge in [-0.2, -0.15) is 13.2 Å². The van der Waals surface area contributed by atoms with Crippen molar-refractivity contribution in [3.05, 3.63) is 0 Å². The number of carbonyl (C=O) groups excluding carboxylic acids is 1. The summed E-state index contributed by atoms with van der Waals surface area (Å²) in [6.45, 7) is -0.0428. The normalized spacial score (nSPS) is 20.6. The molecule has 0 bridgehead atoms. The molecule has 0 aromatic heterocycles. The van der Waals surface area contributed by atoms with Crippen LogP contribution in [0.15, 0.2) is 0 Å². The van der Waals surface area contributed by atoms with E-state index in [1.54, 1.807) is 0 Å². The number of likely N-dealkylation sites (tertiary alicyclic amines) is 1. The number of hydrogen-bond acceptors (Lipinski definition) is 2. The monoisotopic (exact) mass is 181 g/mol. The molecule has 1 saturated heterocycles. The Hall–Kier alpha value is -0.580. The first-order valence-electron chi connectivity index (χ1n) is 3.74. The summed E-state index contributed by atoms with van der Waals surface area (Å²) in [6.07, 6.45) is -2.96. The summed E-state index contributed by atoms with van der Waals surface area (Å²) in [4.78, 5) is 11.3. The van der Waals surface area contributed by atoms with Gasteiger partial charge in [0.25, 0.3) is 0 Å². The molecule has 70 valence electrons. The molecule has 12 heavy (non-hydrogen) atoms. The molecule has 0 spiro atoms. The van der Waals surface area contributed by atoms with Gasteiger partial charge in [-0.25, -0.2) is 0 Å². The minimum absolute atomic E-state index is 0.143. The highest BCUT2D eigenvalue weighted by Gasteiger charge is 2.36. The van der Waals surface area contributed by atoms with Crippen LogP contribution >= 0.6 is 0 Å². The van der Waals surface area contributed by atoms with E-state index in [4.69, 9.17) is 0 Å². The summed E-state index contributed by atoms with van der Waals surface area (Å²) >= 11 is 0. The first kappa shape index (κ1) is 9.51. The molecular formula is C7H10F3NO. The van der Waals surface area contributed by atoms with Gasteiger partial charge in [-0.3, -0.25) is 4.90 Å². The molecular weight excluding hydrogens is 171 g/mol. The van der Waals surface area contributed by atoms with Gasteiger partial charge in [-0.15, -0.1) is 0 Å². The fraction of sp³-hybridized carbons (Fsp3) is 0.857. The summed E-state index contributed by atoms with van der Waals surface area (Å²) in [5.74, 6) is 0.143. The topological polar surface area (TPSA) is 20.3 Å². The minimum Gasteiger partial charge on any atom is -0.303 e. The first-order chi connectivity index (χ1) is 5.51. The van der Waals surface area contributed by atoms with E-state index in [1.165, 1.54) is 4.90 Å². The van der Waals surface area contributed by atoms with Crippen molar-refractivity contribution in [2.45, 2.75) is 12.6 Å². The summed E-state index contributed by atoms with van der Waals surface area (Å²) in [6, 6.07) is 0. The summed E-state index contributed by atoms with van der Waals surface area (Å²) in [5, 5.41) is 0. The molecule has 0 unspecified atom stereocenters. The fourth-order valence-corrected chi connectivity index (χ4v) is 1.34. The van der Waals surface area contributed by atoms with Gasteiger partial charge in [0, 0.05) is 19.5 Å². The van der Waals surface area contributed by atoms with E-state index in [0.717, 1.165) is 6.29 Å². The summed E-state index contributed by atoms with van der Waals surface area (Å²) < 4.78 is 35.2. The Morgan fingerprint density at radius 2 is 2.00 bits per heavy atom. The van der Waals surface area contributed by atoms with Crippen molar-refractivity contribution in [3.63, 3.8) is 0 Å². The third kappa shape index (κ3) is 2.81. The number of halogens is 3. The lowest BCUT2D eigenvalue weighted by molar-refractivity contribution is -0.158. The fourth-order valence-electron chi connectivity index (χ4n) is 1.34. The quantitative estimate of drug-likeness (QED) is 0.607. The van der Waals surface area contributed by atoms with Crippen molar-refractivity contribution in [2.24, 2.45) is 5.92 Å². The Morgan fingerprint density at radius 3 is 2.42 bits per heavy atom. The van der Waals surface area contributed by atoms with E-state index in [1.807, 2.05) is 0 Å². The Morgan fingerprint density at radius 1 is 1.42 bits per heavy atom. The third-order valence-corrected chi connectivity index (χ3v) is 1.87. The molecule has 1 rings (SSSR count). The lowest BCUT2D eigenvalue weighted by Crippen LogP contribution is -2.50. The van der Waals surface area contributed by atoms with Crippen LogP contribution in [0.1, 0.15) is 6.42 Å². The standard InChI is InChI=1S/C7H10F3NO/c8-7(9,10)5-11-3-6(4-11)1-2-12/h2,6H,1,3-5H2. The minimum atomic E-state index is -4.11. The molecule has 1 aliphatic rings. The second kappa shape index (κ2) is 3.43. The molecule has 2 nitrogen and oxygen atoms in total. The average molecular weight is 181 g/mol. The van der Waals surface area contributed by atoms with Crippen LogP contribution in [0.25, 0.3) is 0 Å². The zero-order chi connectivity index (χ0) is 9.19. The van der Waals surface area contributed by atoms with Crippen LogP contribution in [-0.2, 0) is 4.79 Å². The van der Waals surface area contributed by atoms with Gasteiger partial charge in [0.05, 0.1) is 6.54 Å². The maximum atomic E-state index is 11.7. The van der Waals surface area contributed by atoms with Gasteiger partial charge >= 0.3 is 6.18 Å². The number of aldehydes is 1. The molecule has 0 amide bonds. The molecule has 0 atom stereocenters. The smallest absolute Gasteiger partial charge is 0.303 e. The number of hydrogen-bond donors (Lipinski definition) is 0. The second-order valence-electron chi connectivity index (χ2n) is 3.08. The molecule has 5 heteroatoms. The van der Waals surface area contributed by atoms with Crippen LogP contribution in [0.2, 0.25) is 0 Å². The largest absolute Gasteiger partial charge is 0.401 e. The highest BCUT2D eigenvalue weighted by Crippen LogP contribution is 2.24. The molecule has 1 heterocycles. The SMILES string of the molecule is O=CCC1CN(CC(F)(F)F)C1. The second-order valence-corrected chi connectivity index (χ2v) is 3.08. The van der Waals surface area contributed by atoms with E-state index < -0.39 is 12.7 Å². The number of rotatable bonds is 3. The lowest BCUT2D eigenvalue weighted by Gasteiger charge is -2.38. The third-order valence-electron chi connectivity index (χ3n) is 1.87. The van der Waals surface area contributed by atoms with Crippen LogP contribution in [0.5, 0.6) is 0 Å². The van der Waals surface area contributed by atoms with E-state index in [2.05, 4.69) is 0 Å². The predicted molar refractivity (Wildman–Crippen MR) is 36.7 cm³/mol.